The third kappa shape index (κ3) is 1.48. The summed E-state index contributed by atoms with van der Waals surface area (Å²) in [4.78, 5) is 0. The number of fused-ring (bicyclic) bond motifs is 1. The van der Waals surface area contributed by atoms with Crippen LogP contribution in [0.5, 0.6) is 0 Å². The van der Waals surface area contributed by atoms with Crippen molar-refractivity contribution in [2.24, 2.45) is 0 Å². The number of hydrogen-bond acceptors (Lipinski definition) is 3. The molecule has 1 heterocycles. The first kappa shape index (κ1) is 8.07. The highest BCUT2D eigenvalue weighted by molar-refractivity contribution is 5.89. The Balaban J connectivity index is 2.37. The summed E-state index contributed by atoms with van der Waals surface area (Å²) in [6.45, 7) is 0.498. The van der Waals surface area contributed by atoms with E-state index in [1.807, 2.05) is 18.2 Å². The van der Waals surface area contributed by atoms with Gasteiger partial charge in [0.15, 0.2) is 0 Å². The van der Waals surface area contributed by atoms with Crippen LogP contribution < -0.4 is 5.32 Å². The molecule has 4 heteroatoms. The van der Waals surface area contributed by atoms with Crippen LogP contribution in [0.2, 0.25) is 0 Å². The zero-order chi connectivity index (χ0) is 9.10. The SMILES string of the molecule is COCNc1cccc2cn[nH]c12. The molecule has 2 rings (SSSR count). The van der Waals surface area contributed by atoms with Crippen LogP contribution in [0.25, 0.3) is 10.9 Å². The van der Waals surface area contributed by atoms with Crippen molar-refractivity contribution in [1.29, 1.82) is 0 Å². The number of methoxy groups -OCH3 is 1. The van der Waals surface area contributed by atoms with Gasteiger partial charge >= 0.3 is 0 Å². The van der Waals surface area contributed by atoms with E-state index in [-0.39, 0.29) is 0 Å². The van der Waals surface area contributed by atoms with Gasteiger partial charge < -0.3 is 10.1 Å². The van der Waals surface area contributed by atoms with E-state index in [4.69, 9.17) is 4.74 Å². The molecule has 1 aromatic carbocycles. The van der Waals surface area contributed by atoms with E-state index < -0.39 is 0 Å². The van der Waals surface area contributed by atoms with Crippen molar-refractivity contribution in [3.05, 3.63) is 24.4 Å². The molecule has 0 aliphatic heterocycles. The van der Waals surface area contributed by atoms with Gasteiger partial charge in [-0.3, -0.25) is 5.10 Å². The van der Waals surface area contributed by atoms with E-state index in [1.165, 1.54) is 0 Å². The number of aromatic amines is 1. The maximum atomic E-state index is 4.93. The normalized spacial score (nSPS) is 10.5. The number of H-pyrrole nitrogens is 1. The van der Waals surface area contributed by atoms with Crippen LogP contribution in [0.3, 0.4) is 0 Å². The molecule has 68 valence electrons. The van der Waals surface area contributed by atoms with Crippen molar-refractivity contribution in [2.45, 2.75) is 0 Å². The average Bonchev–Trinajstić information content (AvgIpc) is 2.62. The third-order valence-corrected chi connectivity index (χ3v) is 1.88. The van der Waals surface area contributed by atoms with Crippen molar-refractivity contribution < 1.29 is 4.74 Å². The van der Waals surface area contributed by atoms with Gasteiger partial charge in [-0.15, -0.1) is 0 Å². The van der Waals surface area contributed by atoms with Gasteiger partial charge in [0.2, 0.25) is 0 Å². The lowest BCUT2D eigenvalue weighted by atomic mass is 10.2. The smallest absolute Gasteiger partial charge is 0.116 e. The van der Waals surface area contributed by atoms with Crippen LogP contribution in [0, 0.1) is 0 Å². The molecule has 1 aromatic heterocycles. The van der Waals surface area contributed by atoms with E-state index >= 15 is 0 Å². The summed E-state index contributed by atoms with van der Waals surface area (Å²) in [5, 5.41) is 11.1. The molecule has 0 spiro atoms. The van der Waals surface area contributed by atoms with Crippen LogP contribution in [0.15, 0.2) is 24.4 Å². The molecule has 0 aliphatic rings. The first-order chi connectivity index (χ1) is 6.42. The molecule has 0 atom stereocenters. The molecule has 0 radical (unpaired) electrons. The molecule has 0 bridgehead atoms. The molecule has 0 fully saturated rings. The van der Waals surface area contributed by atoms with Crippen molar-refractivity contribution >= 4 is 16.6 Å². The second kappa shape index (κ2) is 3.45. The Bertz CT molecular complexity index is 396. The second-order valence-corrected chi connectivity index (χ2v) is 2.75. The van der Waals surface area contributed by atoms with Gasteiger partial charge in [0.05, 0.1) is 17.4 Å². The Morgan fingerprint density at radius 1 is 1.54 bits per heavy atom. The first-order valence-electron chi connectivity index (χ1n) is 4.06. The number of aromatic nitrogens is 2. The van der Waals surface area contributed by atoms with Crippen LogP contribution >= 0.6 is 0 Å². The Kier molecular flexibility index (Phi) is 2.14. The fourth-order valence-electron chi connectivity index (χ4n) is 1.27. The van der Waals surface area contributed by atoms with E-state index in [0.717, 1.165) is 16.6 Å². The molecular weight excluding hydrogens is 166 g/mol. The van der Waals surface area contributed by atoms with E-state index in [1.54, 1.807) is 13.3 Å². The summed E-state index contributed by atoms with van der Waals surface area (Å²) >= 11 is 0. The number of nitrogens with zero attached hydrogens (tertiary/aromatic N) is 1. The minimum Gasteiger partial charge on any atom is -0.365 e. The molecular formula is C9H11N3O. The fraction of sp³-hybridized carbons (Fsp3) is 0.222. The summed E-state index contributed by atoms with van der Waals surface area (Å²) in [6.07, 6.45) is 1.80. The highest BCUT2D eigenvalue weighted by Crippen LogP contribution is 2.19. The number of para-hydroxylation sites is 1. The van der Waals surface area contributed by atoms with Crippen LogP contribution in [-0.2, 0) is 4.74 Å². The second-order valence-electron chi connectivity index (χ2n) is 2.75. The first-order valence-corrected chi connectivity index (χ1v) is 4.06. The lowest BCUT2D eigenvalue weighted by Gasteiger charge is -2.04. The molecule has 0 amide bonds. The lowest BCUT2D eigenvalue weighted by Crippen LogP contribution is -2.03. The molecule has 4 nitrogen and oxygen atoms in total. The van der Waals surface area contributed by atoms with E-state index in [2.05, 4.69) is 15.5 Å². The van der Waals surface area contributed by atoms with Gasteiger partial charge in [0.1, 0.15) is 6.73 Å². The number of ether oxygens (including phenoxy) is 1. The van der Waals surface area contributed by atoms with Gasteiger partial charge in [-0.25, -0.2) is 0 Å². The summed E-state index contributed by atoms with van der Waals surface area (Å²) in [7, 11) is 1.65. The summed E-state index contributed by atoms with van der Waals surface area (Å²) < 4.78 is 4.93. The minimum atomic E-state index is 0.498. The van der Waals surface area contributed by atoms with Crippen molar-refractivity contribution in [2.75, 3.05) is 19.2 Å². The van der Waals surface area contributed by atoms with Crippen LogP contribution in [0.4, 0.5) is 5.69 Å². The Morgan fingerprint density at radius 3 is 3.31 bits per heavy atom. The van der Waals surface area contributed by atoms with Crippen molar-refractivity contribution in [3.8, 4) is 0 Å². The number of rotatable bonds is 3. The quantitative estimate of drug-likeness (QED) is 0.700. The number of hydrogen-bond donors (Lipinski definition) is 2. The Labute approximate surface area is 75.9 Å². The Morgan fingerprint density at radius 2 is 2.46 bits per heavy atom. The van der Waals surface area contributed by atoms with Crippen molar-refractivity contribution in [1.82, 2.24) is 10.2 Å². The van der Waals surface area contributed by atoms with Gasteiger partial charge in [-0.2, -0.15) is 5.10 Å². The van der Waals surface area contributed by atoms with Gasteiger partial charge in [0, 0.05) is 12.5 Å². The summed E-state index contributed by atoms with van der Waals surface area (Å²) in [5.41, 5.74) is 2.02. The minimum absolute atomic E-state index is 0.498. The number of nitrogens with one attached hydrogen (secondary N) is 2. The molecule has 0 saturated carbocycles. The molecule has 2 N–H and O–H groups in total. The largest absolute Gasteiger partial charge is 0.365 e. The molecule has 0 saturated heterocycles. The molecule has 13 heavy (non-hydrogen) atoms. The van der Waals surface area contributed by atoms with Gasteiger partial charge in [-0.05, 0) is 6.07 Å². The zero-order valence-electron chi connectivity index (χ0n) is 7.37. The highest BCUT2D eigenvalue weighted by Gasteiger charge is 2.00. The predicted molar refractivity (Wildman–Crippen MR) is 51.6 cm³/mol. The van der Waals surface area contributed by atoms with E-state index in [0.29, 0.717) is 6.73 Å². The maximum Gasteiger partial charge on any atom is 0.116 e. The Hall–Kier alpha value is -1.55. The molecule has 0 aliphatic carbocycles. The molecule has 2 aromatic rings. The summed E-state index contributed by atoms with van der Waals surface area (Å²) in [6, 6.07) is 5.98. The predicted octanol–water partition coefficient (Wildman–Crippen LogP) is 1.58. The highest BCUT2D eigenvalue weighted by atomic mass is 16.5. The lowest BCUT2D eigenvalue weighted by molar-refractivity contribution is 0.221. The monoisotopic (exact) mass is 177 g/mol. The standard InChI is InChI=1S/C9H11N3O/c1-13-6-10-8-4-2-3-7-5-11-12-9(7)8/h2-5,10H,6H2,1H3,(H,11,12). The van der Waals surface area contributed by atoms with Crippen LogP contribution in [-0.4, -0.2) is 24.0 Å². The van der Waals surface area contributed by atoms with E-state index in [9.17, 15) is 0 Å². The summed E-state index contributed by atoms with van der Waals surface area (Å²) in [5.74, 6) is 0. The zero-order valence-corrected chi connectivity index (χ0v) is 7.37. The third-order valence-electron chi connectivity index (χ3n) is 1.88. The molecule has 0 unspecified atom stereocenters. The fourth-order valence-corrected chi connectivity index (χ4v) is 1.27. The maximum absolute atomic E-state index is 4.93. The van der Waals surface area contributed by atoms with Crippen molar-refractivity contribution in [3.63, 3.8) is 0 Å². The average molecular weight is 177 g/mol. The van der Waals surface area contributed by atoms with Gasteiger partial charge in [0.25, 0.3) is 0 Å². The number of benzene rings is 1. The van der Waals surface area contributed by atoms with Gasteiger partial charge in [-0.1, -0.05) is 12.1 Å². The topological polar surface area (TPSA) is 49.9 Å². The van der Waals surface area contributed by atoms with Crippen LogP contribution in [0.1, 0.15) is 0 Å². The number of anilines is 1.